The van der Waals surface area contributed by atoms with Crippen LogP contribution in [0.2, 0.25) is 0 Å². The summed E-state index contributed by atoms with van der Waals surface area (Å²) in [6.45, 7) is 8.63. The molecule has 2 bridgehead atoms. The van der Waals surface area contributed by atoms with Crippen LogP contribution in [0.4, 0.5) is 11.6 Å². The average Bonchev–Trinajstić information content (AvgIpc) is 3.96. The Morgan fingerprint density at radius 2 is 1.84 bits per heavy atom. The van der Waals surface area contributed by atoms with E-state index in [9.17, 15) is 4.79 Å². The Kier molecular flexibility index (Phi) is 7.15. The van der Waals surface area contributed by atoms with Crippen LogP contribution in [0.3, 0.4) is 0 Å². The van der Waals surface area contributed by atoms with Crippen LogP contribution in [0.25, 0.3) is 5.82 Å². The Morgan fingerprint density at radius 3 is 2.60 bits per heavy atom. The van der Waals surface area contributed by atoms with Gasteiger partial charge in [-0.1, -0.05) is 18.2 Å². The molecular weight excluding hydrogens is 558 g/mol. The van der Waals surface area contributed by atoms with E-state index in [0.717, 1.165) is 31.0 Å². The zero-order chi connectivity index (χ0) is 29.7. The van der Waals surface area contributed by atoms with E-state index in [-0.39, 0.29) is 11.4 Å². The van der Waals surface area contributed by atoms with Crippen molar-refractivity contribution in [3.8, 4) is 11.7 Å². The normalized spacial score (nSPS) is 22.4. The van der Waals surface area contributed by atoms with Crippen LogP contribution in [0.1, 0.15) is 76.1 Å². The summed E-state index contributed by atoms with van der Waals surface area (Å²) in [6.07, 6.45) is 14.9. The summed E-state index contributed by atoms with van der Waals surface area (Å²) in [6, 6.07) is 11.3. The molecule has 1 aliphatic heterocycles. The largest absolute Gasteiger partial charge is 0.477 e. The summed E-state index contributed by atoms with van der Waals surface area (Å²) in [7, 11) is 0. The lowest BCUT2D eigenvalue weighted by atomic mass is 9.95. The van der Waals surface area contributed by atoms with Crippen molar-refractivity contribution in [3.05, 3.63) is 60.3 Å². The van der Waals surface area contributed by atoms with Gasteiger partial charge in [0.2, 0.25) is 5.88 Å². The molecule has 3 aliphatic carbocycles. The molecule has 0 aromatic carbocycles. The van der Waals surface area contributed by atoms with Gasteiger partial charge in [0.1, 0.15) is 16.7 Å². The molecule has 43 heavy (non-hydrogen) atoms. The second-order valence-corrected chi connectivity index (χ2v) is 13.8. The zero-order valence-corrected chi connectivity index (χ0v) is 26.1. The highest BCUT2D eigenvalue weighted by molar-refractivity contribution is 7.97. The molecule has 0 unspecified atom stereocenters. The standard InChI is InChI=1S/C33H41N7O2S/c1-4-39-29-23(30(41)38-43-28-10-8-9-25(35-28)34-20-7-5-6-15-31(39,2)3)11-12-26(36-29)40-21-13-27(37-40)42-22-14-24-32(16-17-32)33(24)18-19-33/h5,7-13,21,24H,4,6,14-20,22H2,1-3H3,(H,34,35)(H,38,41)/b7-5+. The Hall–Kier alpha value is -3.53. The minimum atomic E-state index is -0.248. The van der Waals surface area contributed by atoms with Crippen LogP contribution in [-0.4, -0.2) is 50.9 Å². The molecule has 3 aromatic heterocycles. The number of carbonyl (C=O) groups is 1. The van der Waals surface area contributed by atoms with Gasteiger partial charge in [0.15, 0.2) is 5.82 Å². The van der Waals surface area contributed by atoms with Crippen molar-refractivity contribution in [1.82, 2.24) is 24.5 Å². The Bertz CT molecular complexity index is 1520. The predicted octanol–water partition coefficient (Wildman–Crippen LogP) is 6.43. The smallest absolute Gasteiger partial charge is 0.265 e. The van der Waals surface area contributed by atoms with Crippen molar-refractivity contribution < 1.29 is 9.53 Å². The average molecular weight is 600 g/mol. The molecule has 0 atom stereocenters. The second kappa shape index (κ2) is 10.9. The first-order chi connectivity index (χ1) is 20.9. The fraction of sp³-hybridized carbons (Fsp3) is 0.515. The van der Waals surface area contributed by atoms with Gasteiger partial charge in [-0.25, -0.2) is 14.6 Å². The summed E-state index contributed by atoms with van der Waals surface area (Å²) in [4.78, 5) is 25.5. The van der Waals surface area contributed by atoms with Gasteiger partial charge in [0, 0.05) is 42.8 Å². The van der Waals surface area contributed by atoms with E-state index in [2.05, 4.69) is 52.8 Å². The third kappa shape index (κ3) is 5.28. The third-order valence-electron chi connectivity index (χ3n) is 10.1. The van der Waals surface area contributed by atoms with Crippen LogP contribution < -0.4 is 19.7 Å². The van der Waals surface area contributed by atoms with Crippen LogP contribution >= 0.6 is 11.9 Å². The number of fused-ring (bicyclic) bond motifs is 4. The number of pyridine rings is 2. The maximum Gasteiger partial charge on any atom is 0.265 e. The zero-order valence-electron chi connectivity index (χ0n) is 25.3. The maximum absolute atomic E-state index is 13.6. The lowest BCUT2D eigenvalue weighted by molar-refractivity contribution is 0.0984. The molecule has 4 heterocycles. The highest BCUT2D eigenvalue weighted by Crippen LogP contribution is 2.93. The Balaban J connectivity index is 1.13. The number of carbonyl (C=O) groups excluding carboxylic acids is 1. The van der Waals surface area contributed by atoms with E-state index >= 15 is 0 Å². The van der Waals surface area contributed by atoms with Crippen LogP contribution in [0.5, 0.6) is 5.88 Å². The van der Waals surface area contributed by atoms with E-state index in [1.165, 1.54) is 37.6 Å². The molecule has 3 aromatic rings. The van der Waals surface area contributed by atoms with Crippen molar-refractivity contribution in [2.75, 3.05) is 29.9 Å². The number of rotatable bonds is 6. The molecule has 2 N–H and O–H groups in total. The number of hydrogen-bond donors (Lipinski definition) is 2. The van der Waals surface area contributed by atoms with Crippen molar-refractivity contribution in [1.29, 1.82) is 0 Å². The number of aromatic nitrogens is 4. The second-order valence-electron chi connectivity index (χ2n) is 13.0. The van der Waals surface area contributed by atoms with Gasteiger partial charge < -0.3 is 15.0 Å². The molecule has 1 amide bonds. The van der Waals surface area contributed by atoms with Gasteiger partial charge in [-0.2, -0.15) is 0 Å². The number of amides is 1. The Morgan fingerprint density at radius 1 is 1.02 bits per heavy atom. The van der Waals surface area contributed by atoms with E-state index in [1.54, 1.807) is 4.68 Å². The van der Waals surface area contributed by atoms with Gasteiger partial charge in [0.05, 0.1) is 12.2 Å². The molecule has 0 saturated heterocycles. The van der Waals surface area contributed by atoms with Gasteiger partial charge in [0.25, 0.3) is 5.91 Å². The minimum absolute atomic E-state index is 0.216. The fourth-order valence-corrected chi connectivity index (χ4v) is 8.22. The van der Waals surface area contributed by atoms with E-state index in [4.69, 9.17) is 14.8 Å². The number of anilines is 2. The third-order valence-corrected chi connectivity index (χ3v) is 10.9. The highest BCUT2D eigenvalue weighted by Gasteiger charge is 2.85. The summed E-state index contributed by atoms with van der Waals surface area (Å²) in [5, 5.41) is 8.73. The maximum atomic E-state index is 13.6. The van der Waals surface area contributed by atoms with Gasteiger partial charge >= 0.3 is 0 Å². The monoisotopic (exact) mass is 599 g/mol. The van der Waals surface area contributed by atoms with Gasteiger partial charge in [-0.3, -0.25) is 9.52 Å². The summed E-state index contributed by atoms with van der Waals surface area (Å²) >= 11 is 1.20. The molecular formula is C33H41N7O2S. The number of nitrogens with one attached hydrogen (secondary N) is 2. The number of hydrogen-bond acceptors (Lipinski definition) is 8. The summed E-state index contributed by atoms with van der Waals surface area (Å²) < 4.78 is 10.8. The van der Waals surface area contributed by atoms with Crippen LogP contribution in [-0.2, 0) is 0 Å². The Labute approximate surface area is 258 Å². The van der Waals surface area contributed by atoms with Crippen molar-refractivity contribution in [2.24, 2.45) is 16.7 Å². The topological polar surface area (TPSA) is 97.2 Å². The molecule has 10 heteroatoms. The van der Waals surface area contributed by atoms with Crippen LogP contribution in [0.15, 0.2) is 59.8 Å². The quantitative estimate of drug-likeness (QED) is 0.247. The number of allylic oxidation sites excluding steroid dienone is 1. The van der Waals surface area contributed by atoms with Crippen molar-refractivity contribution in [2.45, 2.75) is 76.3 Å². The molecule has 7 rings (SSSR count). The lowest BCUT2D eigenvalue weighted by Crippen LogP contribution is -2.45. The van der Waals surface area contributed by atoms with Gasteiger partial charge in [-0.05, 0) is 107 Å². The SMILES string of the molecule is CCN1c2nc(-n3ccc(OCCC4C5(CC5)C45CC5)n3)ccc2C(=O)NSc2cccc(n2)NC/C=C/CCC1(C)C. The fourth-order valence-electron chi connectivity index (χ4n) is 7.62. The molecule has 2 spiro atoms. The summed E-state index contributed by atoms with van der Waals surface area (Å²) in [5.41, 5.74) is 1.66. The van der Waals surface area contributed by atoms with Crippen LogP contribution in [0, 0.1) is 16.7 Å². The highest BCUT2D eigenvalue weighted by atomic mass is 32.2. The van der Waals surface area contributed by atoms with E-state index < -0.39 is 0 Å². The molecule has 4 aliphatic rings. The molecule has 3 fully saturated rings. The molecule has 0 radical (unpaired) electrons. The molecule has 226 valence electrons. The summed E-state index contributed by atoms with van der Waals surface area (Å²) in [5.74, 6) is 3.32. The first-order valence-electron chi connectivity index (χ1n) is 15.7. The lowest BCUT2D eigenvalue weighted by Gasteiger charge is -2.40. The predicted molar refractivity (Wildman–Crippen MR) is 170 cm³/mol. The number of nitrogens with zero attached hydrogens (tertiary/aromatic N) is 5. The van der Waals surface area contributed by atoms with E-state index in [1.807, 2.05) is 42.6 Å². The van der Waals surface area contributed by atoms with Crippen molar-refractivity contribution in [3.63, 3.8) is 0 Å². The van der Waals surface area contributed by atoms with Gasteiger partial charge in [-0.15, -0.1) is 5.10 Å². The molecule has 3 saturated carbocycles. The first kappa shape index (κ1) is 28.3. The minimum Gasteiger partial charge on any atom is -0.477 e. The number of ether oxygens (including phenoxy) is 1. The van der Waals surface area contributed by atoms with E-state index in [0.29, 0.717) is 58.6 Å². The van der Waals surface area contributed by atoms with Crippen molar-refractivity contribution >= 4 is 29.5 Å². The first-order valence-corrected chi connectivity index (χ1v) is 16.5. The molecule has 9 nitrogen and oxygen atoms in total.